The standard InChI is InChI=1S/C20H22N4O5/c1-12(24-11-21-14-7-5-6-8-15(14)24)19(25)22-23-20(26)13-9-16(27-2)18(29-4)17(10-13)28-3/h5-12H,1-4H3,(H,22,25)(H,23,26). The van der Waals surface area contributed by atoms with E-state index in [2.05, 4.69) is 15.8 Å². The van der Waals surface area contributed by atoms with Gasteiger partial charge in [0.2, 0.25) is 5.75 Å². The Morgan fingerprint density at radius 1 is 1.00 bits per heavy atom. The molecule has 1 unspecified atom stereocenters. The molecule has 152 valence electrons. The fraction of sp³-hybridized carbons (Fsp3) is 0.250. The summed E-state index contributed by atoms with van der Waals surface area (Å²) >= 11 is 0. The molecule has 0 radical (unpaired) electrons. The van der Waals surface area contributed by atoms with Crippen LogP contribution in [0.1, 0.15) is 23.3 Å². The molecule has 0 aliphatic carbocycles. The zero-order chi connectivity index (χ0) is 21.0. The van der Waals surface area contributed by atoms with Gasteiger partial charge in [0.15, 0.2) is 11.5 Å². The van der Waals surface area contributed by atoms with Gasteiger partial charge >= 0.3 is 0 Å². The van der Waals surface area contributed by atoms with Crippen molar-refractivity contribution in [3.63, 3.8) is 0 Å². The lowest BCUT2D eigenvalue weighted by Crippen LogP contribution is -2.44. The minimum absolute atomic E-state index is 0.237. The molecule has 3 rings (SSSR count). The molecule has 2 N–H and O–H groups in total. The SMILES string of the molecule is COc1cc(C(=O)NNC(=O)C(C)n2cnc3ccccc32)cc(OC)c1OC. The molecule has 0 bridgehead atoms. The number of nitrogens with zero attached hydrogens (tertiary/aromatic N) is 2. The van der Waals surface area contributed by atoms with Gasteiger partial charge in [-0.15, -0.1) is 0 Å². The van der Waals surface area contributed by atoms with E-state index in [0.29, 0.717) is 17.2 Å². The Bertz CT molecular complexity index is 1020. The summed E-state index contributed by atoms with van der Waals surface area (Å²) in [5.74, 6) is 0.119. The summed E-state index contributed by atoms with van der Waals surface area (Å²) in [6.45, 7) is 1.72. The number of methoxy groups -OCH3 is 3. The van der Waals surface area contributed by atoms with Crippen LogP contribution < -0.4 is 25.1 Å². The number of hydrazine groups is 1. The van der Waals surface area contributed by atoms with Crippen LogP contribution in [0.3, 0.4) is 0 Å². The largest absolute Gasteiger partial charge is 0.493 e. The molecular formula is C20H22N4O5. The average Bonchev–Trinajstić information content (AvgIpc) is 3.19. The van der Waals surface area contributed by atoms with E-state index in [9.17, 15) is 9.59 Å². The Kier molecular flexibility index (Phi) is 5.87. The van der Waals surface area contributed by atoms with Gasteiger partial charge in [-0.25, -0.2) is 4.98 Å². The van der Waals surface area contributed by atoms with Crippen molar-refractivity contribution in [1.82, 2.24) is 20.4 Å². The molecule has 0 fully saturated rings. The van der Waals surface area contributed by atoms with E-state index >= 15 is 0 Å². The first kappa shape index (κ1) is 20.0. The maximum Gasteiger partial charge on any atom is 0.269 e. The van der Waals surface area contributed by atoms with Crippen LogP contribution in [0.2, 0.25) is 0 Å². The van der Waals surface area contributed by atoms with Crippen molar-refractivity contribution in [2.75, 3.05) is 21.3 Å². The summed E-state index contributed by atoms with van der Waals surface area (Å²) in [5.41, 5.74) is 6.69. The zero-order valence-electron chi connectivity index (χ0n) is 16.6. The van der Waals surface area contributed by atoms with E-state index in [1.807, 2.05) is 24.3 Å². The first-order valence-corrected chi connectivity index (χ1v) is 8.82. The number of imidazole rings is 1. The van der Waals surface area contributed by atoms with E-state index in [4.69, 9.17) is 14.2 Å². The summed E-state index contributed by atoms with van der Waals surface area (Å²) in [7, 11) is 4.39. The maximum absolute atomic E-state index is 12.5. The second-order valence-corrected chi connectivity index (χ2v) is 6.17. The zero-order valence-corrected chi connectivity index (χ0v) is 16.6. The van der Waals surface area contributed by atoms with Crippen LogP contribution >= 0.6 is 0 Å². The molecule has 0 aliphatic rings. The number of para-hydroxylation sites is 2. The first-order chi connectivity index (χ1) is 14.0. The predicted octanol–water partition coefficient (Wildman–Crippen LogP) is 2.08. The molecule has 9 heteroatoms. The summed E-state index contributed by atoms with van der Waals surface area (Å²) in [6, 6.07) is 9.90. The number of hydrogen-bond donors (Lipinski definition) is 2. The smallest absolute Gasteiger partial charge is 0.269 e. The number of ether oxygens (including phenoxy) is 3. The first-order valence-electron chi connectivity index (χ1n) is 8.82. The molecular weight excluding hydrogens is 376 g/mol. The highest BCUT2D eigenvalue weighted by Gasteiger charge is 2.20. The van der Waals surface area contributed by atoms with Gasteiger partial charge in [0.05, 0.1) is 38.7 Å². The molecule has 2 aromatic carbocycles. The Labute approximate surface area is 167 Å². The third kappa shape index (κ3) is 3.93. The Balaban J connectivity index is 1.72. The number of carbonyl (C=O) groups excluding carboxylic acids is 2. The van der Waals surface area contributed by atoms with Crippen LogP contribution in [0.4, 0.5) is 0 Å². The number of carbonyl (C=O) groups is 2. The van der Waals surface area contributed by atoms with Gasteiger partial charge in [-0.2, -0.15) is 0 Å². The van der Waals surface area contributed by atoms with Crippen molar-refractivity contribution in [2.24, 2.45) is 0 Å². The Morgan fingerprint density at radius 2 is 1.66 bits per heavy atom. The molecule has 1 heterocycles. The second kappa shape index (κ2) is 8.51. The van der Waals surface area contributed by atoms with Crippen molar-refractivity contribution >= 4 is 22.8 Å². The van der Waals surface area contributed by atoms with E-state index in [0.717, 1.165) is 11.0 Å². The second-order valence-electron chi connectivity index (χ2n) is 6.17. The molecule has 2 amide bonds. The van der Waals surface area contributed by atoms with Crippen molar-refractivity contribution < 1.29 is 23.8 Å². The molecule has 1 aromatic heterocycles. The summed E-state index contributed by atoms with van der Waals surface area (Å²) in [5, 5.41) is 0. The minimum Gasteiger partial charge on any atom is -0.493 e. The van der Waals surface area contributed by atoms with Crippen LogP contribution in [0.25, 0.3) is 11.0 Å². The molecule has 3 aromatic rings. The van der Waals surface area contributed by atoms with Gasteiger partial charge in [-0.1, -0.05) is 12.1 Å². The fourth-order valence-electron chi connectivity index (χ4n) is 2.92. The van der Waals surface area contributed by atoms with Gasteiger partial charge in [0.1, 0.15) is 6.04 Å². The van der Waals surface area contributed by atoms with Crippen LogP contribution in [0, 0.1) is 0 Å². The lowest BCUT2D eigenvalue weighted by Gasteiger charge is -2.16. The number of benzene rings is 2. The van der Waals surface area contributed by atoms with Crippen LogP contribution in [0.5, 0.6) is 17.2 Å². The Hall–Kier alpha value is -3.75. The minimum atomic E-state index is -0.581. The highest BCUT2D eigenvalue weighted by atomic mass is 16.5. The topological polar surface area (TPSA) is 104 Å². The number of fused-ring (bicyclic) bond motifs is 1. The van der Waals surface area contributed by atoms with E-state index in [1.54, 1.807) is 17.8 Å². The highest BCUT2D eigenvalue weighted by Crippen LogP contribution is 2.38. The highest BCUT2D eigenvalue weighted by molar-refractivity contribution is 5.97. The normalized spacial score (nSPS) is 11.6. The van der Waals surface area contributed by atoms with E-state index in [-0.39, 0.29) is 5.56 Å². The molecule has 29 heavy (non-hydrogen) atoms. The monoisotopic (exact) mass is 398 g/mol. The van der Waals surface area contributed by atoms with Crippen LogP contribution in [-0.2, 0) is 4.79 Å². The van der Waals surface area contributed by atoms with Gasteiger partial charge in [-0.3, -0.25) is 20.4 Å². The molecule has 0 aliphatic heterocycles. The van der Waals surface area contributed by atoms with Crippen LogP contribution in [-0.4, -0.2) is 42.7 Å². The third-order valence-corrected chi connectivity index (χ3v) is 4.50. The van der Waals surface area contributed by atoms with E-state index in [1.165, 1.54) is 33.5 Å². The number of amides is 2. The molecule has 0 spiro atoms. The number of hydrogen-bond acceptors (Lipinski definition) is 6. The summed E-state index contributed by atoms with van der Waals surface area (Å²) < 4.78 is 17.5. The maximum atomic E-state index is 12.5. The number of aromatic nitrogens is 2. The quantitative estimate of drug-likeness (QED) is 0.616. The van der Waals surface area contributed by atoms with Crippen LogP contribution in [0.15, 0.2) is 42.7 Å². The lowest BCUT2D eigenvalue weighted by atomic mass is 10.1. The summed E-state index contributed by atoms with van der Waals surface area (Å²) in [4.78, 5) is 29.3. The molecule has 0 saturated carbocycles. The average molecular weight is 398 g/mol. The Morgan fingerprint density at radius 3 is 2.28 bits per heavy atom. The van der Waals surface area contributed by atoms with Gasteiger partial charge in [0.25, 0.3) is 11.8 Å². The molecule has 0 saturated heterocycles. The van der Waals surface area contributed by atoms with Crippen molar-refractivity contribution in [3.8, 4) is 17.2 Å². The van der Waals surface area contributed by atoms with Crippen molar-refractivity contribution in [1.29, 1.82) is 0 Å². The van der Waals surface area contributed by atoms with E-state index < -0.39 is 17.9 Å². The third-order valence-electron chi connectivity index (χ3n) is 4.50. The number of rotatable bonds is 6. The lowest BCUT2D eigenvalue weighted by molar-refractivity contribution is -0.124. The van der Waals surface area contributed by atoms with Gasteiger partial charge in [0, 0.05) is 5.56 Å². The number of nitrogens with one attached hydrogen (secondary N) is 2. The summed E-state index contributed by atoms with van der Waals surface area (Å²) in [6.07, 6.45) is 1.59. The van der Waals surface area contributed by atoms with Gasteiger partial charge < -0.3 is 18.8 Å². The van der Waals surface area contributed by atoms with Crippen molar-refractivity contribution in [3.05, 3.63) is 48.3 Å². The molecule has 9 nitrogen and oxygen atoms in total. The fourth-order valence-corrected chi connectivity index (χ4v) is 2.92. The van der Waals surface area contributed by atoms with Gasteiger partial charge in [-0.05, 0) is 31.2 Å². The van der Waals surface area contributed by atoms with Crippen molar-refractivity contribution in [2.45, 2.75) is 13.0 Å². The molecule has 1 atom stereocenters. The predicted molar refractivity (Wildman–Crippen MR) is 106 cm³/mol.